The molecule has 0 aliphatic heterocycles. The van der Waals surface area contributed by atoms with E-state index < -0.39 is 0 Å². The highest BCUT2D eigenvalue weighted by Crippen LogP contribution is 2.30. The van der Waals surface area contributed by atoms with Crippen LogP contribution in [0.4, 0.5) is 4.39 Å². The van der Waals surface area contributed by atoms with Crippen molar-refractivity contribution in [1.82, 2.24) is 5.32 Å². The zero-order valence-corrected chi connectivity index (χ0v) is 12.8. The summed E-state index contributed by atoms with van der Waals surface area (Å²) in [6.45, 7) is 4.89. The lowest BCUT2D eigenvalue weighted by Gasteiger charge is -2.18. The van der Waals surface area contributed by atoms with Gasteiger partial charge in [-0.1, -0.05) is 26.0 Å². The Morgan fingerprint density at radius 1 is 1.24 bits per heavy atom. The normalized spacial score (nSPS) is 12.4. The van der Waals surface area contributed by atoms with Gasteiger partial charge in [-0.2, -0.15) is 0 Å². The van der Waals surface area contributed by atoms with Crippen molar-refractivity contribution in [3.8, 4) is 5.75 Å². The molecule has 3 nitrogen and oxygen atoms in total. The van der Waals surface area contributed by atoms with E-state index >= 15 is 0 Å². The van der Waals surface area contributed by atoms with E-state index in [1.165, 1.54) is 7.11 Å². The number of ether oxygens (including phenoxy) is 1. The zero-order valence-electron chi connectivity index (χ0n) is 12.8. The van der Waals surface area contributed by atoms with Crippen molar-refractivity contribution < 1.29 is 13.5 Å². The molecule has 1 unspecified atom stereocenters. The Morgan fingerprint density at radius 2 is 2.05 bits per heavy atom. The van der Waals surface area contributed by atoms with Gasteiger partial charge in [0.25, 0.3) is 0 Å². The van der Waals surface area contributed by atoms with Gasteiger partial charge in [0.2, 0.25) is 0 Å². The predicted molar refractivity (Wildman–Crippen MR) is 81.2 cm³/mol. The Labute approximate surface area is 125 Å². The highest BCUT2D eigenvalue weighted by Gasteiger charge is 2.22. The summed E-state index contributed by atoms with van der Waals surface area (Å²) in [5.74, 6) is 1.53. The molecule has 0 amide bonds. The van der Waals surface area contributed by atoms with E-state index in [0.29, 0.717) is 5.56 Å². The van der Waals surface area contributed by atoms with Gasteiger partial charge in [-0.05, 0) is 31.2 Å². The minimum Gasteiger partial charge on any atom is -0.494 e. The Balaban J connectivity index is 2.40. The van der Waals surface area contributed by atoms with E-state index in [4.69, 9.17) is 9.15 Å². The highest BCUT2D eigenvalue weighted by atomic mass is 19.1. The summed E-state index contributed by atoms with van der Waals surface area (Å²) >= 11 is 0. The molecule has 0 bridgehead atoms. The first-order valence-electron chi connectivity index (χ1n) is 7.35. The molecular formula is C17H22FNO2. The molecule has 0 fully saturated rings. The summed E-state index contributed by atoms with van der Waals surface area (Å²) in [4.78, 5) is 0. The summed E-state index contributed by atoms with van der Waals surface area (Å²) in [7, 11) is 1.47. The van der Waals surface area contributed by atoms with Crippen LogP contribution in [0.5, 0.6) is 5.75 Å². The van der Waals surface area contributed by atoms with E-state index in [1.54, 1.807) is 18.2 Å². The van der Waals surface area contributed by atoms with Crippen LogP contribution in [0, 0.1) is 5.82 Å². The first-order valence-corrected chi connectivity index (χ1v) is 7.35. The van der Waals surface area contributed by atoms with Crippen LogP contribution in [-0.4, -0.2) is 13.7 Å². The quantitative estimate of drug-likeness (QED) is 0.834. The van der Waals surface area contributed by atoms with E-state index in [-0.39, 0.29) is 17.6 Å². The molecule has 2 rings (SSSR count). The second kappa shape index (κ2) is 7.27. The van der Waals surface area contributed by atoms with Crippen LogP contribution in [-0.2, 0) is 6.42 Å². The molecule has 0 aliphatic rings. The van der Waals surface area contributed by atoms with Crippen molar-refractivity contribution in [3.05, 3.63) is 53.2 Å². The van der Waals surface area contributed by atoms with Crippen LogP contribution in [0.25, 0.3) is 0 Å². The van der Waals surface area contributed by atoms with Crippen LogP contribution in [0.1, 0.15) is 43.4 Å². The SMILES string of the molecule is CCCNC(c1ccc(CC)o1)c1cccc(OC)c1F. The lowest BCUT2D eigenvalue weighted by molar-refractivity contribution is 0.374. The lowest BCUT2D eigenvalue weighted by atomic mass is 10.0. The number of aryl methyl sites for hydroxylation is 1. The number of halogens is 1. The average molecular weight is 291 g/mol. The number of methoxy groups -OCH3 is 1. The van der Waals surface area contributed by atoms with Gasteiger partial charge in [0.05, 0.1) is 13.2 Å². The number of rotatable bonds is 7. The zero-order chi connectivity index (χ0) is 15.2. The molecule has 0 spiro atoms. The summed E-state index contributed by atoms with van der Waals surface area (Å²) < 4.78 is 25.4. The van der Waals surface area contributed by atoms with Crippen LogP contribution < -0.4 is 10.1 Å². The molecule has 0 saturated heterocycles. The molecule has 114 valence electrons. The van der Waals surface area contributed by atoms with E-state index in [9.17, 15) is 4.39 Å². The van der Waals surface area contributed by atoms with Crippen molar-refractivity contribution >= 4 is 0 Å². The van der Waals surface area contributed by atoms with Gasteiger partial charge in [0.15, 0.2) is 11.6 Å². The standard InChI is InChI=1S/C17H22FNO2/c1-4-11-19-17(15-10-9-12(5-2)21-15)13-7-6-8-14(20-3)16(13)18/h6-10,17,19H,4-5,11H2,1-3H3. The summed E-state index contributed by atoms with van der Waals surface area (Å²) in [6, 6.07) is 8.72. The number of benzene rings is 1. The fourth-order valence-electron chi connectivity index (χ4n) is 2.30. The Bertz CT molecular complexity index is 580. The van der Waals surface area contributed by atoms with Gasteiger partial charge in [0.1, 0.15) is 11.5 Å². The minimum absolute atomic E-state index is 0.248. The van der Waals surface area contributed by atoms with E-state index in [1.807, 2.05) is 19.1 Å². The number of nitrogens with one attached hydrogen (secondary N) is 1. The molecular weight excluding hydrogens is 269 g/mol. The van der Waals surface area contributed by atoms with Gasteiger partial charge >= 0.3 is 0 Å². The molecule has 0 aliphatic carbocycles. The van der Waals surface area contributed by atoms with Crippen molar-refractivity contribution in [2.45, 2.75) is 32.7 Å². The molecule has 1 heterocycles. The molecule has 1 atom stereocenters. The second-order valence-electron chi connectivity index (χ2n) is 4.91. The second-order valence-corrected chi connectivity index (χ2v) is 4.91. The number of hydrogen-bond acceptors (Lipinski definition) is 3. The first-order chi connectivity index (χ1) is 10.2. The maximum atomic E-state index is 14.5. The van der Waals surface area contributed by atoms with Crippen LogP contribution in [0.3, 0.4) is 0 Å². The summed E-state index contributed by atoms with van der Waals surface area (Å²) in [6.07, 6.45) is 1.78. The molecule has 2 aromatic rings. The molecule has 0 saturated carbocycles. The minimum atomic E-state index is -0.344. The monoisotopic (exact) mass is 291 g/mol. The predicted octanol–water partition coefficient (Wildman–Crippen LogP) is 4.08. The van der Waals surface area contributed by atoms with Gasteiger partial charge in [-0.15, -0.1) is 0 Å². The summed E-state index contributed by atoms with van der Waals surface area (Å²) in [5.41, 5.74) is 0.541. The molecule has 1 aromatic carbocycles. The maximum absolute atomic E-state index is 14.5. The van der Waals surface area contributed by atoms with Crippen molar-refractivity contribution in [2.75, 3.05) is 13.7 Å². The van der Waals surface area contributed by atoms with Gasteiger partial charge < -0.3 is 14.5 Å². The van der Waals surface area contributed by atoms with Gasteiger partial charge in [0, 0.05) is 12.0 Å². The van der Waals surface area contributed by atoms with E-state index in [0.717, 1.165) is 30.9 Å². The molecule has 1 N–H and O–H groups in total. The van der Waals surface area contributed by atoms with Gasteiger partial charge in [-0.3, -0.25) is 0 Å². The third-order valence-corrected chi connectivity index (χ3v) is 3.44. The van der Waals surface area contributed by atoms with Crippen molar-refractivity contribution in [2.24, 2.45) is 0 Å². The van der Waals surface area contributed by atoms with Crippen LogP contribution in [0.2, 0.25) is 0 Å². The third kappa shape index (κ3) is 3.45. The lowest BCUT2D eigenvalue weighted by Crippen LogP contribution is -2.23. The van der Waals surface area contributed by atoms with Crippen molar-refractivity contribution in [3.63, 3.8) is 0 Å². The average Bonchev–Trinajstić information content (AvgIpc) is 2.98. The number of hydrogen-bond donors (Lipinski definition) is 1. The first kappa shape index (κ1) is 15.6. The molecule has 21 heavy (non-hydrogen) atoms. The Morgan fingerprint density at radius 3 is 2.67 bits per heavy atom. The largest absolute Gasteiger partial charge is 0.494 e. The van der Waals surface area contributed by atoms with E-state index in [2.05, 4.69) is 12.2 Å². The molecule has 1 aromatic heterocycles. The molecule has 4 heteroatoms. The fourth-order valence-corrected chi connectivity index (χ4v) is 2.30. The summed E-state index contributed by atoms with van der Waals surface area (Å²) in [5, 5.41) is 3.34. The number of furan rings is 1. The third-order valence-electron chi connectivity index (χ3n) is 3.44. The maximum Gasteiger partial charge on any atom is 0.170 e. The van der Waals surface area contributed by atoms with Crippen molar-refractivity contribution in [1.29, 1.82) is 0 Å². The Hall–Kier alpha value is -1.81. The van der Waals surface area contributed by atoms with Crippen LogP contribution >= 0.6 is 0 Å². The smallest absolute Gasteiger partial charge is 0.170 e. The van der Waals surface area contributed by atoms with Gasteiger partial charge in [-0.25, -0.2) is 4.39 Å². The fraction of sp³-hybridized carbons (Fsp3) is 0.412. The topological polar surface area (TPSA) is 34.4 Å². The molecule has 0 radical (unpaired) electrons. The Kier molecular flexibility index (Phi) is 5.39. The van der Waals surface area contributed by atoms with Crippen LogP contribution in [0.15, 0.2) is 34.7 Å². The highest BCUT2D eigenvalue weighted by molar-refractivity contribution is 5.36.